The van der Waals surface area contributed by atoms with Crippen LogP contribution in [0.1, 0.15) is 34.6 Å². The highest BCUT2D eigenvalue weighted by Crippen LogP contribution is 2.30. The maximum Gasteiger partial charge on any atom is 0.341 e. The van der Waals surface area contributed by atoms with Gasteiger partial charge in [0.05, 0.1) is 6.04 Å². The Kier molecular flexibility index (Phi) is 5.35. The molecule has 0 saturated carbocycles. The van der Waals surface area contributed by atoms with Gasteiger partial charge >= 0.3 is 5.97 Å². The predicted octanol–water partition coefficient (Wildman–Crippen LogP) is 4.68. The fraction of sp³-hybridized carbons (Fsp3) is 0.158. The average molecular weight is 375 g/mol. The van der Waals surface area contributed by atoms with Crippen LogP contribution in [0.25, 0.3) is 11.3 Å². The molecule has 0 aliphatic heterocycles. The summed E-state index contributed by atoms with van der Waals surface area (Å²) in [5.41, 5.74) is 1.73. The second kappa shape index (κ2) is 7.68. The smallest absolute Gasteiger partial charge is 0.341 e. The summed E-state index contributed by atoms with van der Waals surface area (Å²) in [5, 5.41) is 17.3. The molecule has 0 saturated heterocycles. The first-order chi connectivity index (χ1) is 12.5. The third-order valence-electron chi connectivity index (χ3n) is 3.97. The number of benzene rings is 2. The molecule has 0 radical (unpaired) electrons. The molecule has 0 aliphatic rings. The third kappa shape index (κ3) is 3.92. The van der Waals surface area contributed by atoms with Crippen molar-refractivity contribution in [1.29, 1.82) is 0 Å². The Morgan fingerprint density at radius 1 is 1.23 bits per heavy atom. The van der Waals surface area contributed by atoms with Crippen LogP contribution in [0.5, 0.6) is 0 Å². The fourth-order valence-electron chi connectivity index (χ4n) is 2.58. The van der Waals surface area contributed by atoms with Gasteiger partial charge in [0, 0.05) is 17.1 Å². The number of nitrogens with one attached hydrogen (secondary N) is 1. The second-order valence-electron chi connectivity index (χ2n) is 5.81. The Balaban J connectivity index is 1.83. The number of carbonyl (C=O) groups is 1. The minimum Gasteiger partial charge on any atom is -0.477 e. The third-order valence-corrected chi connectivity index (χ3v) is 4.22. The van der Waals surface area contributed by atoms with E-state index in [2.05, 4.69) is 10.5 Å². The van der Waals surface area contributed by atoms with Gasteiger partial charge in [0.1, 0.15) is 17.1 Å². The van der Waals surface area contributed by atoms with Crippen LogP contribution in [0.4, 0.5) is 4.39 Å². The van der Waals surface area contributed by atoms with E-state index in [0.29, 0.717) is 17.1 Å². The van der Waals surface area contributed by atoms with Crippen LogP contribution in [-0.4, -0.2) is 16.2 Å². The highest BCUT2D eigenvalue weighted by Gasteiger charge is 2.27. The van der Waals surface area contributed by atoms with Gasteiger partial charge in [-0.25, -0.2) is 9.18 Å². The molecule has 0 fully saturated rings. The van der Waals surface area contributed by atoms with Gasteiger partial charge in [0.2, 0.25) is 0 Å². The number of carboxylic acid groups (broad SMARTS) is 1. The molecule has 3 aromatic rings. The molecule has 7 heteroatoms. The Labute approximate surface area is 154 Å². The maximum atomic E-state index is 13.0. The summed E-state index contributed by atoms with van der Waals surface area (Å²) in [4.78, 5) is 11.8. The highest BCUT2D eigenvalue weighted by atomic mass is 35.5. The molecule has 0 spiro atoms. The number of halogens is 2. The number of nitrogens with zero attached hydrogens (tertiary/aromatic N) is 1. The molecule has 1 unspecified atom stereocenters. The lowest BCUT2D eigenvalue weighted by atomic mass is 10.0. The molecule has 1 aromatic heterocycles. The normalized spacial score (nSPS) is 12.1. The van der Waals surface area contributed by atoms with E-state index in [1.807, 2.05) is 0 Å². The van der Waals surface area contributed by atoms with Crippen molar-refractivity contribution in [2.75, 3.05) is 0 Å². The Bertz CT molecular complexity index is 908. The fourth-order valence-corrected chi connectivity index (χ4v) is 2.70. The van der Waals surface area contributed by atoms with E-state index in [4.69, 9.17) is 16.1 Å². The van der Waals surface area contributed by atoms with Gasteiger partial charge in [-0.2, -0.15) is 0 Å². The number of aromatic carboxylic acids is 1. The maximum absolute atomic E-state index is 13.0. The van der Waals surface area contributed by atoms with Crippen molar-refractivity contribution in [2.24, 2.45) is 0 Å². The van der Waals surface area contributed by atoms with Crippen molar-refractivity contribution in [1.82, 2.24) is 10.5 Å². The van der Waals surface area contributed by atoms with Crippen molar-refractivity contribution in [2.45, 2.75) is 19.5 Å². The average Bonchev–Trinajstić information content (AvgIpc) is 3.07. The van der Waals surface area contributed by atoms with E-state index in [1.165, 1.54) is 12.1 Å². The van der Waals surface area contributed by atoms with E-state index < -0.39 is 12.0 Å². The van der Waals surface area contributed by atoms with Crippen LogP contribution in [0.3, 0.4) is 0 Å². The van der Waals surface area contributed by atoms with Gasteiger partial charge in [-0.15, -0.1) is 0 Å². The van der Waals surface area contributed by atoms with Gasteiger partial charge in [0.25, 0.3) is 0 Å². The summed E-state index contributed by atoms with van der Waals surface area (Å²) in [6.07, 6.45) is 0. The number of hydrogen-bond donors (Lipinski definition) is 2. The first kappa shape index (κ1) is 18.1. The highest BCUT2D eigenvalue weighted by molar-refractivity contribution is 6.30. The zero-order chi connectivity index (χ0) is 18.7. The van der Waals surface area contributed by atoms with Crippen LogP contribution in [0.15, 0.2) is 53.1 Å². The molecule has 1 atom stereocenters. The van der Waals surface area contributed by atoms with E-state index in [1.54, 1.807) is 43.3 Å². The zero-order valence-electron chi connectivity index (χ0n) is 13.9. The molecule has 5 nitrogen and oxygen atoms in total. The lowest BCUT2D eigenvalue weighted by Crippen LogP contribution is -2.19. The SMILES string of the molecule is CC(NCc1ccc(F)cc1)c1onc(-c2ccc(Cl)cc2)c1C(=O)O. The van der Waals surface area contributed by atoms with E-state index >= 15 is 0 Å². The van der Waals surface area contributed by atoms with E-state index in [-0.39, 0.29) is 22.8 Å². The summed E-state index contributed by atoms with van der Waals surface area (Å²) in [5.74, 6) is -1.20. The van der Waals surface area contributed by atoms with Crippen molar-refractivity contribution in [3.05, 3.63) is 76.3 Å². The molecule has 2 aromatic carbocycles. The van der Waals surface area contributed by atoms with Gasteiger partial charge in [0.15, 0.2) is 5.76 Å². The lowest BCUT2D eigenvalue weighted by molar-refractivity contribution is 0.0694. The topological polar surface area (TPSA) is 75.4 Å². The summed E-state index contributed by atoms with van der Waals surface area (Å²) < 4.78 is 18.3. The minimum absolute atomic E-state index is 0.00595. The summed E-state index contributed by atoms with van der Waals surface area (Å²) in [7, 11) is 0. The van der Waals surface area contributed by atoms with Crippen molar-refractivity contribution in [3.63, 3.8) is 0 Å². The second-order valence-corrected chi connectivity index (χ2v) is 6.25. The molecule has 0 bridgehead atoms. The Morgan fingerprint density at radius 3 is 2.50 bits per heavy atom. The largest absolute Gasteiger partial charge is 0.477 e. The van der Waals surface area contributed by atoms with Crippen LogP contribution in [0, 0.1) is 5.82 Å². The van der Waals surface area contributed by atoms with Gasteiger partial charge < -0.3 is 14.9 Å². The first-order valence-electron chi connectivity index (χ1n) is 7.92. The Morgan fingerprint density at radius 2 is 1.88 bits per heavy atom. The van der Waals surface area contributed by atoms with Crippen molar-refractivity contribution >= 4 is 17.6 Å². The van der Waals surface area contributed by atoms with Crippen LogP contribution in [0.2, 0.25) is 5.02 Å². The van der Waals surface area contributed by atoms with Gasteiger partial charge in [-0.05, 0) is 36.8 Å². The number of carboxylic acids is 1. The summed E-state index contributed by atoms with van der Waals surface area (Å²) >= 11 is 5.87. The molecule has 26 heavy (non-hydrogen) atoms. The summed E-state index contributed by atoms with van der Waals surface area (Å²) in [6, 6.07) is 12.4. The summed E-state index contributed by atoms with van der Waals surface area (Å²) in [6.45, 7) is 2.21. The van der Waals surface area contributed by atoms with Crippen molar-refractivity contribution < 1.29 is 18.8 Å². The molecular formula is C19H16ClFN2O3. The van der Waals surface area contributed by atoms with E-state index in [0.717, 1.165) is 5.56 Å². The van der Waals surface area contributed by atoms with Crippen LogP contribution >= 0.6 is 11.6 Å². The molecule has 134 valence electrons. The Hall–Kier alpha value is -2.70. The van der Waals surface area contributed by atoms with E-state index in [9.17, 15) is 14.3 Å². The number of rotatable bonds is 6. The molecule has 1 heterocycles. The van der Waals surface area contributed by atoms with Crippen LogP contribution in [-0.2, 0) is 6.54 Å². The molecule has 2 N–H and O–H groups in total. The van der Waals surface area contributed by atoms with Crippen molar-refractivity contribution in [3.8, 4) is 11.3 Å². The predicted molar refractivity (Wildman–Crippen MR) is 95.6 cm³/mol. The molecule has 0 aliphatic carbocycles. The monoisotopic (exact) mass is 374 g/mol. The van der Waals surface area contributed by atoms with Crippen LogP contribution < -0.4 is 5.32 Å². The standard InChI is InChI=1S/C19H16ClFN2O3/c1-11(22-10-12-2-8-15(21)9-3-12)18-16(19(24)25)17(23-26-18)13-4-6-14(20)7-5-13/h2-9,11,22H,10H2,1H3,(H,24,25). The molecule has 3 rings (SSSR count). The number of hydrogen-bond acceptors (Lipinski definition) is 4. The molecule has 0 amide bonds. The van der Waals surface area contributed by atoms with Gasteiger partial charge in [-0.1, -0.05) is 41.0 Å². The molecular weight excluding hydrogens is 359 g/mol. The quantitative estimate of drug-likeness (QED) is 0.655. The lowest BCUT2D eigenvalue weighted by Gasteiger charge is -2.12. The number of aromatic nitrogens is 1. The first-order valence-corrected chi connectivity index (χ1v) is 8.30. The zero-order valence-corrected chi connectivity index (χ0v) is 14.6. The minimum atomic E-state index is -1.12. The van der Waals surface area contributed by atoms with Gasteiger partial charge in [-0.3, -0.25) is 0 Å².